The van der Waals surface area contributed by atoms with Crippen molar-refractivity contribution in [3.63, 3.8) is 0 Å². The molecule has 0 radical (unpaired) electrons. The van der Waals surface area contributed by atoms with E-state index in [0.29, 0.717) is 42.2 Å². The molecule has 7 nitrogen and oxygen atoms in total. The first-order valence-electron chi connectivity index (χ1n) is 10.2. The lowest BCUT2D eigenvalue weighted by Gasteiger charge is -2.26. The summed E-state index contributed by atoms with van der Waals surface area (Å²) < 4.78 is 27.4. The highest BCUT2D eigenvalue weighted by Crippen LogP contribution is 2.31. The Balaban J connectivity index is 1.45. The van der Waals surface area contributed by atoms with Crippen molar-refractivity contribution in [3.05, 3.63) is 53.6 Å². The molecule has 0 spiro atoms. The van der Waals surface area contributed by atoms with E-state index in [2.05, 4.69) is 11.4 Å². The van der Waals surface area contributed by atoms with E-state index in [4.69, 9.17) is 5.26 Å². The molecule has 2 aliphatic heterocycles. The molecule has 0 atom stereocenters. The van der Waals surface area contributed by atoms with Gasteiger partial charge in [0.2, 0.25) is 15.9 Å². The molecular weight excluding hydrogens is 400 g/mol. The standard InChI is InChI=1S/C22H24N4O3S/c23-15-17-5-4-6-19(13-17)24-22(27)16-25-12-9-18-14-20(7-8-21(18)25)30(28,29)26-10-2-1-3-11-26/h4-8,13-14H,1-3,9-12,16H2,(H,24,27). The van der Waals surface area contributed by atoms with Crippen LogP contribution in [-0.4, -0.2) is 44.8 Å². The lowest BCUT2D eigenvalue weighted by Crippen LogP contribution is -2.35. The Morgan fingerprint density at radius 3 is 2.63 bits per heavy atom. The van der Waals surface area contributed by atoms with Gasteiger partial charge in [0.25, 0.3) is 0 Å². The summed E-state index contributed by atoms with van der Waals surface area (Å²) in [6.45, 7) is 1.99. The SMILES string of the molecule is N#Cc1cccc(NC(=O)CN2CCc3cc(S(=O)(=O)N4CCCCC4)ccc32)c1. The number of carbonyl (C=O) groups is 1. The number of benzene rings is 2. The van der Waals surface area contributed by atoms with Gasteiger partial charge in [0, 0.05) is 31.0 Å². The predicted molar refractivity (Wildman–Crippen MR) is 115 cm³/mol. The van der Waals surface area contributed by atoms with E-state index in [1.54, 1.807) is 40.7 Å². The molecule has 156 valence electrons. The van der Waals surface area contributed by atoms with Crippen molar-refractivity contribution in [3.8, 4) is 6.07 Å². The van der Waals surface area contributed by atoms with Crippen LogP contribution in [-0.2, 0) is 21.2 Å². The third-order valence-electron chi connectivity index (χ3n) is 5.61. The van der Waals surface area contributed by atoms with Gasteiger partial charge in [-0.2, -0.15) is 9.57 Å². The number of nitrogens with zero attached hydrogens (tertiary/aromatic N) is 3. The van der Waals surface area contributed by atoms with Gasteiger partial charge in [-0.05, 0) is 61.2 Å². The molecule has 0 saturated carbocycles. The van der Waals surface area contributed by atoms with E-state index in [9.17, 15) is 13.2 Å². The summed E-state index contributed by atoms with van der Waals surface area (Å²) in [7, 11) is -3.46. The monoisotopic (exact) mass is 424 g/mol. The van der Waals surface area contributed by atoms with E-state index in [1.807, 2.05) is 11.0 Å². The molecule has 1 saturated heterocycles. The van der Waals surface area contributed by atoms with E-state index < -0.39 is 10.0 Å². The molecular formula is C22H24N4O3S. The fraction of sp³-hybridized carbons (Fsp3) is 0.364. The number of nitrogens with one attached hydrogen (secondary N) is 1. The van der Waals surface area contributed by atoms with Crippen LogP contribution in [0.15, 0.2) is 47.4 Å². The van der Waals surface area contributed by atoms with E-state index in [0.717, 1.165) is 30.5 Å². The van der Waals surface area contributed by atoms with E-state index in [-0.39, 0.29) is 12.5 Å². The summed E-state index contributed by atoms with van der Waals surface area (Å²) in [5.74, 6) is -0.178. The van der Waals surface area contributed by atoms with Gasteiger partial charge in [0.1, 0.15) is 0 Å². The summed E-state index contributed by atoms with van der Waals surface area (Å²) >= 11 is 0. The highest BCUT2D eigenvalue weighted by atomic mass is 32.2. The van der Waals surface area contributed by atoms with Gasteiger partial charge in [-0.25, -0.2) is 8.42 Å². The number of hydrogen-bond acceptors (Lipinski definition) is 5. The first-order chi connectivity index (χ1) is 14.5. The third kappa shape index (κ3) is 4.18. The lowest BCUT2D eigenvalue weighted by molar-refractivity contribution is -0.115. The fourth-order valence-corrected chi connectivity index (χ4v) is 5.63. The Morgan fingerprint density at radius 1 is 1.07 bits per heavy atom. The van der Waals surface area contributed by atoms with Crippen LogP contribution in [0.5, 0.6) is 0 Å². The van der Waals surface area contributed by atoms with Crippen LogP contribution in [0.4, 0.5) is 11.4 Å². The molecule has 1 amide bonds. The minimum atomic E-state index is -3.46. The molecule has 0 bridgehead atoms. The topological polar surface area (TPSA) is 93.5 Å². The van der Waals surface area contributed by atoms with E-state index in [1.165, 1.54) is 0 Å². The largest absolute Gasteiger partial charge is 0.362 e. The van der Waals surface area contributed by atoms with Crippen molar-refractivity contribution in [1.82, 2.24) is 4.31 Å². The summed E-state index contributed by atoms with van der Waals surface area (Å²) in [5.41, 5.74) is 2.92. The van der Waals surface area contributed by atoms with Crippen molar-refractivity contribution in [2.45, 2.75) is 30.6 Å². The number of hydrogen-bond donors (Lipinski definition) is 1. The minimum Gasteiger partial charge on any atom is -0.362 e. The zero-order valence-corrected chi connectivity index (χ0v) is 17.5. The molecule has 2 aromatic rings. The second kappa shape index (κ2) is 8.46. The number of rotatable bonds is 5. The number of piperidine rings is 1. The Hall–Kier alpha value is -2.89. The number of sulfonamides is 1. The normalized spacial score (nSPS) is 16.7. The second-order valence-corrected chi connectivity index (χ2v) is 9.61. The average Bonchev–Trinajstić information content (AvgIpc) is 3.16. The molecule has 0 unspecified atom stereocenters. The smallest absolute Gasteiger partial charge is 0.243 e. The summed E-state index contributed by atoms with van der Waals surface area (Å²) in [6.07, 6.45) is 3.60. The van der Waals surface area contributed by atoms with Crippen LogP contribution in [0.2, 0.25) is 0 Å². The molecule has 30 heavy (non-hydrogen) atoms. The molecule has 0 aliphatic carbocycles. The maximum atomic E-state index is 12.9. The Kier molecular flexibility index (Phi) is 5.75. The van der Waals surface area contributed by atoms with Crippen molar-refractivity contribution < 1.29 is 13.2 Å². The van der Waals surface area contributed by atoms with Crippen LogP contribution in [0.3, 0.4) is 0 Å². The Labute approximate surface area is 177 Å². The van der Waals surface area contributed by atoms with Crippen molar-refractivity contribution in [2.24, 2.45) is 0 Å². The van der Waals surface area contributed by atoms with Crippen molar-refractivity contribution in [1.29, 1.82) is 5.26 Å². The molecule has 2 aliphatic rings. The predicted octanol–water partition coefficient (Wildman–Crippen LogP) is 2.73. The van der Waals surface area contributed by atoms with Gasteiger partial charge >= 0.3 is 0 Å². The van der Waals surface area contributed by atoms with Crippen LogP contribution >= 0.6 is 0 Å². The quantitative estimate of drug-likeness (QED) is 0.797. The number of anilines is 2. The second-order valence-electron chi connectivity index (χ2n) is 7.67. The van der Waals surface area contributed by atoms with Crippen LogP contribution in [0.1, 0.15) is 30.4 Å². The molecule has 2 aromatic carbocycles. The van der Waals surface area contributed by atoms with Gasteiger partial charge < -0.3 is 10.2 Å². The maximum absolute atomic E-state index is 12.9. The molecule has 4 rings (SSSR count). The first kappa shape index (κ1) is 20.4. The summed E-state index contributed by atoms with van der Waals surface area (Å²) in [5, 5.41) is 11.8. The molecule has 0 aromatic heterocycles. The van der Waals surface area contributed by atoms with Crippen LogP contribution in [0.25, 0.3) is 0 Å². The number of carbonyl (C=O) groups excluding carboxylic acids is 1. The average molecular weight is 425 g/mol. The van der Waals surface area contributed by atoms with E-state index >= 15 is 0 Å². The van der Waals surface area contributed by atoms with Crippen LogP contribution < -0.4 is 10.2 Å². The summed E-state index contributed by atoms with van der Waals surface area (Å²) in [4.78, 5) is 14.8. The highest BCUT2D eigenvalue weighted by molar-refractivity contribution is 7.89. The Bertz CT molecular complexity index is 1100. The number of amides is 1. The lowest BCUT2D eigenvalue weighted by atomic mass is 10.2. The van der Waals surface area contributed by atoms with Crippen molar-refractivity contribution >= 4 is 27.3 Å². The molecule has 8 heteroatoms. The minimum absolute atomic E-state index is 0.169. The zero-order chi connectivity index (χ0) is 21.1. The fourth-order valence-electron chi connectivity index (χ4n) is 4.07. The molecule has 1 N–H and O–H groups in total. The highest BCUT2D eigenvalue weighted by Gasteiger charge is 2.28. The third-order valence-corrected chi connectivity index (χ3v) is 7.50. The molecule has 1 fully saturated rings. The van der Waals surface area contributed by atoms with Gasteiger partial charge in [0.05, 0.1) is 23.1 Å². The van der Waals surface area contributed by atoms with Crippen LogP contribution in [0, 0.1) is 11.3 Å². The van der Waals surface area contributed by atoms with Crippen molar-refractivity contribution in [2.75, 3.05) is 36.4 Å². The Morgan fingerprint density at radius 2 is 1.87 bits per heavy atom. The number of nitriles is 1. The zero-order valence-electron chi connectivity index (χ0n) is 16.7. The van der Waals surface area contributed by atoms with Gasteiger partial charge in [-0.1, -0.05) is 12.5 Å². The first-order valence-corrected chi connectivity index (χ1v) is 11.6. The van der Waals surface area contributed by atoms with Gasteiger partial charge in [0.15, 0.2) is 0 Å². The molecule has 2 heterocycles. The van der Waals surface area contributed by atoms with Gasteiger partial charge in [-0.3, -0.25) is 4.79 Å². The maximum Gasteiger partial charge on any atom is 0.243 e. The summed E-state index contributed by atoms with van der Waals surface area (Å²) in [6, 6.07) is 14.1. The number of fused-ring (bicyclic) bond motifs is 1. The van der Waals surface area contributed by atoms with Gasteiger partial charge in [-0.15, -0.1) is 0 Å².